The van der Waals surface area contributed by atoms with Crippen molar-refractivity contribution in [3.8, 4) is 0 Å². The lowest BCUT2D eigenvalue weighted by Gasteiger charge is -1.99. The molecule has 7 heteroatoms. The number of rotatable bonds is 4. The maximum absolute atomic E-state index is 10.8. The van der Waals surface area contributed by atoms with E-state index in [-0.39, 0.29) is 10.6 Å². The molecular weight excluding hydrogens is 276 g/mol. The van der Waals surface area contributed by atoms with Crippen molar-refractivity contribution in [2.45, 2.75) is 16.2 Å². The first kappa shape index (κ1) is 12.4. The third-order valence-electron chi connectivity index (χ3n) is 1.86. The molecule has 0 aliphatic rings. The summed E-state index contributed by atoms with van der Waals surface area (Å²) >= 11 is 1.54. The summed E-state index contributed by atoms with van der Waals surface area (Å²) in [7, 11) is 2.81. The molecule has 0 amide bonds. The second kappa shape index (κ2) is 5.52. The summed E-state index contributed by atoms with van der Waals surface area (Å²) < 4.78 is 0.908. The first-order valence-electron chi connectivity index (χ1n) is 4.67. The summed E-state index contributed by atoms with van der Waals surface area (Å²) in [5.74, 6) is 0. The molecule has 4 nitrogen and oxygen atoms in total. The van der Waals surface area contributed by atoms with E-state index in [1.165, 1.54) is 27.7 Å². The third-order valence-corrected chi connectivity index (χ3v) is 5.57. The van der Waals surface area contributed by atoms with Crippen molar-refractivity contribution < 1.29 is 4.92 Å². The zero-order valence-corrected chi connectivity index (χ0v) is 11.3. The van der Waals surface area contributed by atoms with Crippen LogP contribution < -0.4 is 0 Å². The fourth-order valence-electron chi connectivity index (χ4n) is 1.13. The van der Waals surface area contributed by atoms with Crippen LogP contribution in [0.4, 0.5) is 5.69 Å². The smallest absolute Gasteiger partial charge is 0.258 e. The first-order valence-corrected chi connectivity index (χ1v) is 7.70. The minimum atomic E-state index is -0.365. The molecule has 0 saturated carbocycles. The molecule has 0 N–H and O–H groups in total. The highest BCUT2D eigenvalue weighted by molar-refractivity contribution is 8.77. The molecule has 17 heavy (non-hydrogen) atoms. The molecule has 2 aromatic rings. The molecule has 0 fully saturated rings. The number of aromatic nitrogens is 1. The number of aryl methyl sites for hydroxylation is 1. The van der Waals surface area contributed by atoms with E-state index >= 15 is 0 Å². The summed E-state index contributed by atoms with van der Waals surface area (Å²) in [5, 5.41) is 12.8. The van der Waals surface area contributed by atoms with Crippen molar-refractivity contribution in [1.82, 2.24) is 4.98 Å². The largest absolute Gasteiger partial charge is 0.283 e. The van der Waals surface area contributed by atoms with Gasteiger partial charge >= 0.3 is 0 Å². The Morgan fingerprint density at radius 2 is 2.12 bits per heavy atom. The standard InChI is InChI=1S/C10H8N2O2S3/c1-7-6-15-10(11-7)17-16-9-5-3-2-4-8(9)12(13)14/h2-6H,1H3. The monoisotopic (exact) mass is 284 g/mol. The summed E-state index contributed by atoms with van der Waals surface area (Å²) in [6.45, 7) is 1.93. The average molecular weight is 284 g/mol. The van der Waals surface area contributed by atoms with Crippen molar-refractivity contribution in [2.75, 3.05) is 0 Å². The number of para-hydroxylation sites is 1. The van der Waals surface area contributed by atoms with Gasteiger partial charge in [-0.15, -0.1) is 11.3 Å². The predicted molar refractivity (Wildman–Crippen MR) is 71.7 cm³/mol. The van der Waals surface area contributed by atoms with Gasteiger partial charge in [-0.2, -0.15) is 0 Å². The van der Waals surface area contributed by atoms with Crippen LogP contribution in [0.5, 0.6) is 0 Å². The van der Waals surface area contributed by atoms with E-state index in [1.807, 2.05) is 12.3 Å². The normalized spacial score (nSPS) is 10.4. The van der Waals surface area contributed by atoms with Crippen LogP contribution >= 0.6 is 32.9 Å². The van der Waals surface area contributed by atoms with Crippen LogP contribution in [0.25, 0.3) is 0 Å². The Balaban J connectivity index is 2.11. The van der Waals surface area contributed by atoms with Gasteiger partial charge in [-0.1, -0.05) is 12.1 Å². The molecule has 0 unspecified atom stereocenters. The molecule has 1 aromatic heterocycles. The summed E-state index contributed by atoms with van der Waals surface area (Å²) in [5.41, 5.74) is 1.11. The van der Waals surface area contributed by atoms with E-state index in [0.29, 0.717) is 4.90 Å². The Morgan fingerprint density at radius 1 is 1.35 bits per heavy atom. The zero-order chi connectivity index (χ0) is 12.3. The number of nitro groups is 1. The Morgan fingerprint density at radius 3 is 2.76 bits per heavy atom. The molecule has 0 spiro atoms. The van der Waals surface area contributed by atoms with Gasteiger partial charge in [0, 0.05) is 17.1 Å². The maximum atomic E-state index is 10.8. The fourth-order valence-corrected chi connectivity index (χ4v) is 4.33. The molecule has 0 saturated heterocycles. The fraction of sp³-hybridized carbons (Fsp3) is 0.100. The van der Waals surface area contributed by atoms with E-state index in [4.69, 9.17) is 0 Å². The lowest BCUT2D eigenvalue weighted by Crippen LogP contribution is -1.88. The van der Waals surface area contributed by atoms with Crippen LogP contribution in [-0.4, -0.2) is 9.91 Å². The number of nitro benzene ring substituents is 1. The molecule has 0 bridgehead atoms. The number of hydrogen-bond acceptors (Lipinski definition) is 6. The molecule has 88 valence electrons. The van der Waals surface area contributed by atoms with Gasteiger partial charge in [-0.05, 0) is 34.6 Å². The molecule has 0 atom stereocenters. The molecule has 0 aliphatic carbocycles. The third kappa shape index (κ3) is 3.21. The number of benzene rings is 1. The predicted octanol–water partition coefficient (Wildman–Crippen LogP) is 4.16. The maximum Gasteiger partial charge on any atom is 0.283 e. The van der Waals surface area contributed by atoms with Crippen LogP contribution in [0.3, 0.4) is 0 Å². The number of thiazole rings is 1. The van der Waals surface area contributed by atoms with E-state index in [2.05, 4.69) is 4.98 Å². The van der Waals surface area contributed by atoms with E-state index < -0.39 is 0 Å². The highest BCUT2D eigenvalue weighted by Gasteiger charge is 2.13. The lowest BCUT2D eigenvalue weighted by molar-refractivity contribution is -0.387. The van der Waals surface area contributed by atoms with Gasteiger partial charge in [0.05, 0.1) is 9.82 Å². The highest BCUT2D eigenvalue weighted by atomic mass is 33.1. The number of hydrogen-bond donors (Lipinski definition) is 0. The van der Waals surface area contributed by atoms with E-state index in [0.717, 1.165) is 10.0 Å². The van der Waals surface area contributed by atoms with Gasteiger partial charge in [0.25, 0.3) is 5.69 Å². The van der Waals surface area contributed by atoms with Crippen molar-refractivity contribution in [2.24, 2.45) is 0 Å². The van der Waals surface area contributed by atoms with Crippen molar-refractivity contribution in [1.29, 1.82) is 0 Å². The summed E-state index contributed by atoms with van der Waals surface area (Å²) in [6.07, 6.45) is 0. The second-order valence-electron chi connectivity index (χ2n) is 3.15. The SMILES string of the molecule is Cc1csc(SSc2ccccc2[N+](=O)[O-])n1. The van der Waals surface area contributed by atoms with Gasteiger partial charge < -0.3 is 0 Å². The summed E-state index contributed by atoms with van der Waals surface area (Å²) in [4.78, 5) is 15.4. The van der Waals surface area contributed by atoms with Crippen LogP contribution in [0, 0.1) is 17.0 Å². The van der Waals surface area contributed by atoms with Gasteiger partial charge in [0.1, 0.15) is 0 Å². The van der Waals surface area contributed by atoms with Crippen LogP contribution in [0.1, 0.15) is 5.69 Å². The van der Waals surface area contributed by atoms with Crippen LogP contribution in [0.2, 0.25) is 0 Å². The van der Waals surface area contributed by atoms with E-state index in [9.17, 15) is 10.1 Å². The van der Waals surface area contributed by atoms with Crippen LogP contribution in [0.15, 0.2) is 38.9 Å². The van der Waals surface area contributed by atoms with Crippen molar-refractivity contribution >= 4 is 38.6 Å². The zero-order valence-electron chi connectivity index (χ0n) is 8.82. The number of nitrogens with zero attached hydrogens (tertiary/aromatic N) is 2. The quantitative estimate of drug-likeness (QED) is 0.479. The topological polar surface area (TPSA) is 56.0 Å². The van der Waals surface area contributed by atoms with Gasteiger partial charge in [-0.3, -0.25) is 10.1 Å². The molecule has 2 rings (SSSR count). The lowest BCUT2D eigenvalue weighted by atomic mass is 10.3. The van der Waals surface area contributed by atoms with Crippen molar-refractivity contribution in [3.05, 3.63) is 45.5 Å². The first-order chi connectivity index (χ1) is 8.16. The Hall–Kier alpha value is -1.05. The van der Waals surface area contributed by atoms with Crippen LogP contribution in [-0.2, 0) is 0 Å². The minimum absolute atomic E-state index is 0.137. The molecule has 1 aromatic carbocycles. The molecule has 1 heterocycles. The van der Waals surface area contributed by atoms with Gasteiger partial charge in [-0.25, -0.2) is 4.98 Å². The Kier molecular flexibility index (Phi) is 4.03. The second-order valence-corrected chi connectivity index (χ2v) is 6.42. The molecule has 0 aliphatic heterocycles. The van der Waals surface area contributed by atoms with E-state index in [1.54, 1.807) is 29.5 Å². The molecule has 0 radical (unpaired) electrons. The van der Waals surface area contributed by atoms with Gasteiger partial charge in [0.15, 0.2) is 4.34 Å². The summed E-state index contributed by atoms with van der Waals surface area (Å²) in [6, 6.07) is 6.72. The average Bonchev–Trinajstić information content (AvgIpc) is 2.73. The molecular formula is C10H8N2O2S3. The Bertz CT molecular complexity index is 542. The Labute approximate surface area is 110 Å². The highest BCUT2D eigenvalue weighted by Crippen LogP contribution is 2.42. The minimum Gasteiger partial charge on any atom is -0.258 e. The van der Waals surface area contributed by atoms with Gasteiger partial charge in [0.2, 0.25) is 0 Å². The van der Waals surface area contributed by atoms with Crippen molar-refractivity contribution in [3.63, 3.8) is 0 Å².